The van der Waals surface area contributed by atoms with E-state index in [4.69, 9.17) is 0 Å². The second kappa shape index (κ2) is 5.15. The van der Waals surface area contributed by atoms with Gasteiger partial charge >= 0.3 is 0 Å². The van der Waals surface area contributed by atoms with Gasteiger partial charge in [0.05, 0.1) is 5.56 Å². The molecule has 0 fully saturated rings. The second-order valence-corrected chi connectivity index (χ2v) is 7.61. The average Bonchev–Trinajstić information content (AvgIpc) is 2.54. The number of benzene rings is 2. The van der Waals surface area contributed by atoms with Gasteiger partial charge in [-0.3, -0.25) is 9.59 Å². The van der Waals surface area contributed by atoms with Crippen molar-refractivity contribution in [2.24, 2.45) is 0 Å². The molecule has 0 atom stereocenters. The molecule has 0 bridgehead atoms. The van der Waals surface area contributed by atoms with Crippen molar-refractivity contribution in [1.29, 1.82) is 0 Å². The highest BCUT2D eigenvalue weighted by molar-refractivity contribution is 7.89. The molecule has 0 aliphatic heterocycles. The summed E-state index contributed by atoms with van der Waals surface area (Å²) in [6, 6.07) is 6.95. The first-order valence-corrected chi connectivity index (χ1v) is 8.31. The molecule has 2 aromatic rings. The summed E-state index contributed by atoms with van der Waals surface area (Å²) in [5.74, 6) is -3.11. The van der Waals surface area contributed by atoms with Crippen molar-refractivity contribution in [3.63, 3.8) is 0 Å². The number of hydrogen-bond donors (Lipinski definition) is 2. The summed E-state index contributed by atoms with van der Waals surface area (Å²) in [6.07, 6.45) is 0. The van der Waals surface area contributed by atoms with E-state index in [2.05, 4.69) is 0 Å². The lowest BCUT2D eigenvalue weighted by atomic mass is 9.83. The third kappa shape index (κ3) is 2.04. The number of ketones is 2. The van der Waals surface area contributed by atoms with Gasteiger partial charge in [0.2, 0.25) is 10.0 Å². The molecule has 0 spiro atoms. The quantitative estimate of drug-likeness (QED) is 0.672. The molecule has 0 aromatic heterocycles. The first-order chi connectivity index (χ1) is 11.2. The maximum absolute atomic E-state index is 12.6. The number of fused-ring (bicyclic) bond motifs is 2. The van der Waals surface area contributed by atoms with Crippen LogP contribution in [0.2, 0.25) is 0 Å². The number of hydrogen-bond acceptors (Lipinski definition) is 6. The zero-order valence-electron chi connectivity index (χ0n) is 12.8. The van der Waals surface area contributed by atoms with Gasteiger partial charge in [-0.15, -0.1) is 0 Å². The fourth-order valence-corrected chi connectivity index (χ4v) is 3.60. The van der Waals surface area contributed by atoms with Gasteiger partial charge in [-0.25, -0.2) is 12.7 Å². The van der Waals surface area contributed by atoms with Crippen molar-refractivity contribution in [2.45, 2.75) is 4.90 Å². The van der Waals surface area contributed by atoms with Gasteiger partial charge in [-0.2, -0.15) is 0 Å². The fraction of sp³-hybridized carbons (Fsp3) is 0.125. The maximum Gasteiger partial charge on any atom is 0.246 e. The van der Waals surface area contributed by atoms with Crippen LogP contribution in [0.4, 0.5) is 0 Å². The van der Waals surface area contributed by atoms with E-state index in [0.29, 0.717) is 0 Å². The highest BCUT2D eigenvalue weighted by Gasteiger charge is 2.36. The molecule has 1 aliphatic carbocycles. The van der Waals surface area contributed by atoms with Gasteiger partial charge in [-0.1, -0.05) is 24.3 Å². The standard InChI is InChI=1S/C16H13NO6S/c1-17(2)24(22,23)11-7-10-12(16(21)15(11)20)14(19)9-6-4-3-5-8(9)13(10)18/h3-7,20-21H,1-2H3. The Morgan fingerprint density at radius 2 is 1.42 bits per heavy atom. The van der Waals surface area contributed by atoms with Crippen molar-refractivity contribution in [3.8, 4) is 11.5 Å². The number of aromatic hydroxyl groups is 2. The Labute approximate surface area is 137 Å². The van der Waals surface area contributed by atoms with Gasteiger partial charge in [0, 0.05) is 30.8 Å². The summed E-state index contributed by atoms with van der Waals surface area (Å²) in [4.78, 5) is 24.5. The lowest BCUT2D eigenvalue weighted by molar-refractivity contribution is 0.0975. The van der Waals surface area contributed by atoms with E-state index >= 15 is 0 Å². The van der Waals surface area contributed by atoms with E-state index in [9.17, 15) is 28.2 Å². The monoisotopic (exact) mass is 347 g/mol. The molecule has 0 amide bonds. The molecule has 7 nitrogen and oxygen atoms in total. The predicted octanol–water partition coefficient (Wildman–Crippen LogP) is 1.12. The summed E-state index contributed by atoms with van der Waals surface area (Å²) >= 11 is 0. The smallest absolute Gasteiger partial charge is 0.246 e. The average molecular weight is 347 g/mol. The van der Waals surface area contributed by atoms with Crippen LogP contribution in [-0.2, 0) is 10.0 Å². The van der Waals surface area contributed by atoms with Gasteiger partial charge in [-0.05, 0) is 6.07 Å². The third-order valence-electron chi connectivity index (χ3n) is 3.89. The summed E-state index contributed by atoms with van der Waals surface area (Å²) in [6.45, 7) is 0. The Balaban J connectivity index is 2.38. The third-order valence-corrected chi connectivity index (χ3v) is 5.71. The minimum atomic E-state index is -4.12. The molecule has 0 saturated heterocycles. The molecule has 0 unspecified atom stereocenters. The first-order valence-electron chi connectivity index (χ1n) is 6.87. The Morgan fingerprint density at radius 1 is 0.875 bits per heavy atom. The molecule has 0 saturated carbocycles. The van der Waals surface area contributed by atoms with Crippen LogP contribution in [0.15, 0.2) is 35.2 Å². The molecule has 0 radical (unpaired) electrons. The minimum absolute atomic E-state index is 0.0907. The molecule has 8 heteroatoms. The zero-order valence-corrected chi connectivity index (χ0v) is 13.6. The topological polar surface area (TPSA) is 112 Å². The van der Waals surface area contributed by atoms with Crippen molar-refractivity contribution in [3.05, 3.63) is 52.6 Å². The largest absolute Gasteiger partial charge is 0.504 e. The number of carbonyl (C=O) groups excluding carboxylic acids is 2. The maximum atomic E-state index is 12.6. The van der Waals surface area contributed by atoms with Crippen molar-refractivity contribution < 1.29 is 28.2 Å². The predicted molar refractivity (Wildman–Crippen MR) is 84.0 cm³/mol. The Hall–Kier alpha value is -2.71. The van der Waals surface area contributed by atoms with Crippen LogP contribution in [0.3, 0.4) is 0 Å². The summed E-state index contributed by atoms with van der Waals surface area (Å²) in [7, 11) is -1.63. The number of phenolic OH excluding ortho intramolecular Hbond substituents is 2. The first kappa shape index (κ1) is 16.2. The summed E-state index contributed by atoms with van der Waals surface area (Å²) in [5, 5.41) is 20.2. The van der Waals surface area contributed by atoms with Gasteiger partial charge in [0.1, 0.15) is 4.90 Å². The van der Waals surface area contributed by atoms with E-state index in [0.717, 1.165) is 10.4 Å². The minimum Gasteiger partial charge on any atom is -0.504 e. The van der Waals surface area contributed by atoms with E-state index in [1.165, 1.54) is 26.2 Å². The number of rotatable bonds is 2. The molecular formula is C16H13NO6S. The molecular weight excluding hydrogens is 334 g/mol. The lowest BCUT2D eigenvalue weighted by Crippen LogP contribution is -2.25. The zero-order chi connectivity index (χ0) is 17.8. The van der Waals surface area contributed by atoms with Gasteiger partial charge in [0.25, 0.3) is 0 Å². The molecule has 2 aromatic carbocycles. The molecule has 124 valence electrons. The summed E-state index contributed by atoms with van der Waals surface area (Å²) in [5.41, 5.74) is -0.440. The second-order valence-electron chi connectivity index (χ2n) is 5.49. The number of carbonyl (C=O) groups is 2. The van der Waals surface area contributed by atoms with Crippen LogP contribution >= 0.6 is 0 Å². The number of phenols is 2. The van der Waals surface area contributed by atoms with E-state index in [1.807, 2.05) is 0 Å². The fourth-order valence-electron chi connectivity index (χ4n) is 2.60. The number of sulfonamides is 1. The van der Waals surface area contributed by atoms with Crippen LogP contribution in [-0.4, -0.2) is 48.6 Å². The highest BCUT2D eigenvalue weighted by Crippen LogP contribution is 2.42. The molecule has 24 heavy (non-hydrogen) atoms. The Kier molecular flexibility index (Phi) is 3.47. The lowest BCUT2D eigenvalue weighted by Gasteiger charge is -2.21. The molecule has 1 aliphatic rings. The van der Waals surface area contributed by atoms with E-state index < -0.39 is 43.5 Å². The molecule has 0 heterocycles. The van der Waals surface area contributed by atoms with Crippen LogP contribution in [0.1, 0.15) is 31.8 Å². The normalized spacial score (nSPS) is 13.8. The molecule has 2 N–H and O–H groups in total. The van der Waals surface area contributed by atoms with E-state index in [-0.39, 0.29) is 16.7 Å². The highest BCUT2D eigenvalue weighted by atomic mass is 32.2. The molecule has 3 rings (SSSR count). The van der Waals surface area contributed by atoms with Crippen molar-refractivity contribution >= 4 is 21.6 Å². The van der Waals surface area contributed by atoms with Crippen molar-refractivity contribution in [1.82, 2.24) is 4.31 Å². The number of nitrogens with zero attached hydrogens (tertiary/aromatic N) is 1. The van der Waals surface area contributed by atoms with E-state index in [1.54, 1.807) is 12.1 Å². The van der Waals surface area contributed by atoms with Crippen LogP contribution < -0.4 is 0 Å². The van der Waals surface area contributed by atoms with Crippen LogP contribution in [0.5, 0.6) is 11.5 Å². The summed E-state index contributed by atoms with van der Waals surface area (Å²) < 4.78 is 25.4. The SMILES string of the molecule is CN(C)S(=O)(=O)c1cc2c(c(O)c1O)C(=O)c1ccccc1C2=O. The van der Waals surface area contributed by atoms with Crippen LogP contribution in [0, 0.1) is 0 Å². The Morgan fingerprint density at radius 3 is 1.96 bits per heavy atom. The Bertz CT molecular complexity index is 1010. The van der Waals surface area contributed by atoms with Gasteiger partial charge in [0.15, 0.2) is 23.1 Å². The van der Waals surface area contributed by atoms with Crippen molar-refractivity contribution in [2.75, 3.05) is 14.1 Å². The van der Waals surface area contributed by atoms with Crippen LogP contribution in [0.25, 0.3) is 0 Å². The van der Waals surface area contributed by atoms with Gasteiger partial charge < -0.3 is 10.2 Å².